The molecular formula is C20H23NO3. The Morgan fingerprint density at radius 2 is 1.58 bits per heavy atom. The van der Waals surface area contributed by atoms with Crippen LogP contribution in [0.5, 0.6) is 0 Å². The first-order chi connectivity index (χ1) is 11.2. The Balaban J connectivity index is 2.04. The van der Waals surface area contributed by atoms with Gasteiger partial charge in [-0.15, -0.1) is 0 Å². The van der Waals surface area contributed by atoms with Gasteiger partial charge in [-0.1, -0.05) is 39.0 Å². The SMILES string of the molecule is Cc1cc(C(=O)O)ccc1CNC(=O)c1ccc(C(C)(C)C)cc1. The fraction of sp³-hybridized carbons (Fsp3) is 0.300. The van der Waals surface area contributed by atoms with E-state index in [0.29, 0.717) is 12.1 Å². The van der Waals surface area contributed by atoms with Crippen LogP contribution in [-0.4, -0.2) is 17.0 Å². The van der Waals surface area contributed by atoms with E-state index in [1.165, 1.54) is 5.56 Å². The van der Waals surface area contributed by atoms with Gasteiger partial charge >= 0.3 is 5.97 Å². The molecule has 0 spiro atoms. The van der Waals surface area contributed by atoms with Gasteiger partial charge in [0.2, 0.25) is 0 Å². The van der Waals surface area contributed by atoms with Gasteiger partial charge in [-0.2, -0.15) is 0 Å². The van der Waals surface area contributed by atoms with Crippen molar-refractivity contribution >= 4 is 11.9 Å². The summed E-state index contributed by atoms with van der Waals surface area (Å²) in [6.07, 6.45) is 0. The Morgan fingerprint density at radius 1 is 1.00 bits per heavy atom. The standard InChI is InChI=1S/C20H23NO3/c1-13-11-15(19(23)24)5-6-16(13)12-21-18(22)14-7-9-17(10-8-14)20(2,3)4/h5-11H,12H2,1-4H3,(H,21,22)(H,23,24). The number of benzene rings is 2. The fourth-order valence-electron chi connectivity index (χ4n) is 2.43. The first-order valence-electron chi connectivity index (χ1n) is 7.90. The number of rotatable bonds is 4. The third-order valence-electron chi connectivity index (χ3n) is 4.04. The lowest BCUT2D eigenvalue weighted by Gasteiger charge is -2.19. The first kappa shape index (κ1) is 17.7. The van der Waals surface area contributed by atoms with E-state index < -0.39 is 5.97 Å². The number of hydrogen-bond donors (Lipinski definition) is 2. The molecule has 2 aromatic rings. The van der Waals surface area contributed by atoms with E-state index in [1.807, 2.05) is 31.2 Å². The second-order valence-electron chi connectivity index (χ2n) is 6.96. The summed E-state index contributed by atoms with van der Waals surface area (Å²) in [5, 5.41) is 11.9. The molecule has 0 radical (unpaired) electrons. The number of aryl methyl sites for hydroxylation is 1. The molecule has 0 saturated carbocycles. The quantitative estimate of drug-likeness (QED) is 0.895. The zero-order chi connectivity index (χ0) is 17.9. The predicted octanol–water partition coefficient (Wildman–Crippen LogP) is 3.92. The number of nitrogens with one attached hydrogen (secondary N) is 1. The highest BCUT2D eigenvalue weighted by atomic mass is 16.4. The predicted molar refractivity (Wildman–Crippen MR) is 94.5 cm³/mol. The first-order valence-corrected chi connectivity index (χ1v) is 7.90. The molecule has 4 heteroatoms. The van der Waals surface area contributed by atoms with Crippen LogP contribution in [0.4, 0.5) is 0 Å². The van der Waals surface area contributed by atoms with Crippen molar-refractivity contribution < 1.29 is 14.7 Å². The summed E-state index contributed by atoms with van der Waals surface area (Å²) in [4.78, 5) is 23.2. The third-order valence-corrected chi connectivity index (χ3v) is 4.04. The third kappa shape index (κ3) is 4.22. The summed E-state index contributed by atoms with van der Waals surface area (Å²) >= 11 is 0. The van der Waals surface area contributed by atoms with Crippen molar-refractivity contribution in [1.82, 2.24) is 5.32 Å². The largest absolute Gasteiger partial charge is 0.478 e. The molecule has 1 amide bonds. The van der Waals surface area contributed by atoms with E-state index in [4.69, 9.17) is 5.11 Å². The van der Waals surface area contributed by atoms with Crippen molar-refractivity contribution in [2.24, 2.45) is 0 Å². The minimum Gasteiger partial charge on any atom is -0.478 e. The van der Waals surface area contributed by atoms with Gasteiger partial charge in [0.25, 0.3) is 5.91 Å². The lowest BCUT2D eigenvalue weighted by molar-refractivity contribution is 0.0696. The van der Waals surface area contributed by atoms with Crippen LogP contribution in [0.15, 0.2) is 42.5 Å². The summed E-state index contributed by atoms with van der Waals surface area (Å²) < 4.78 is 0. The summed E-state index contributed by atoms with van der Waals surface area (Å²) in [5.41, 5.74) is 3.85. The number of carboxylic acid groups (broad SMARTS) is 1. The number of carboxylic acids is 1. The van der Waals surface area contributed by atoms with Crippen LogP contribution >= 0.6 is 0 Å². The van der Waals surface area contributed by atoms with Gasteiger partial charge < -0.3 is 10.4 Å². The zero-order valence-electron chi connectivity index (χ0n) is 14.5. The molecule has 2 aromatic carbocycles. The molecule has 126 valence electrons. The number of amides is 1. The minimum absolute atomic E-state index is 0.0536. The number of carbonyl (C=O) groups excluding carboxylic acids is 1. The molecule has 0 heterocycles. The molecule has 0 aliphatic rings. The van der Waals surface area contributed by atoms with Crippen LogP contribution < -0.4 is 5.32 Å². The topological polar surface area (TPSA) is 66.4 Å². The highest BCUT2D eigenvalue weighted by Gasteiger charge is 2.14. The van der Waals surface area contributed by atoms with Gasteiger partial charge in [-0.3, -0.25) is 4.79 Å². The van der Waals surface area contributed by atoms with Crippen molar-refractivity contribution in [3.63, 3.8) is 0 Å². The van der Waals surface area contributed by atoms with Crippen LogP contribution in [0.2, 0.25) is 0 Å². The maximum atomic E-state index is 12.3. The van der Waals surface area contributed by atoms with E-state index in [9.17, 15) is 9.59 Å². The van der Waals surface area contributed by atoms with Gasteiger partial charge in [0.15, 0.2) is 0 Å². The highest BCUT2D eigenvalue weighted by molar-refractivity contribution is 5.94. The summed E-state index contributed by atoms with van der Waals surface area (Å²) in [5.74, 6) is -1.09. The van der Waals surface area contributed by atoms with Gasteiger partial charge in [-0.25, -0.2) is 4.79 Å². The molecule has 0 unspecified atom stereocenters. The zero-order valence-corrected chi connectivity index (χ0v) is 14.5. The molecule has 0 fully saturated rings. The smallest absolute Gasteiger partial charge is 0.335 e. The second kappa shape index (κ2) is 6.87. The van der Waals surface area contributed by atoms with Crippen molar-refractivity contribution in [1.29, 1.82) is 0 Å². The average Bonchev–Trinajstić information content (AvgIpc) is 2.52. The Bertz CT molecular complexity index is 755. The maximum absolute atomic E-state index is 12.3. The lowest BCUT2D eigenvalue weighted by atomic mass is 9.87. The summed E-state index contributed by atoms with van der Waals surface area (Å²) in [6.45, 7) is 8.60. The molecule has 4 nitrogen and oxygen atoms in total. The van der Waals surface area contributed by atoms with Crippen LogP contribution in [0.1, 0.15) is 58.2 Å². The molecule has 2 N–H and O–H groups in total. The van der Waals surface area contributed by atoms with E-state index in [1.54, 1.807) is 18.2 Å². The van der Waals surface area contributed by atoms with E-state index >= 15 is 0 Å². The molecule has 0 aliphatic carbocycles. The molecule has 0 saturated heterocycles. The molecule has 0 aliphatic heterocycles. The normalized spacial score (nSPS) is 11.2. The van der Waals surface area contributed by atoms with Gasteiger partial charge in [0.05, 0.1) is 5.56 Å². The molecule has 24 heavy (non-hydrogen) atoms. The Kier molecular flexibility index (Phi) is 5.07. The van der Waals surface area contributed by atoms with Gasteiger partial charge in [-0.05, 0) is 53.3 Å². The minimum atomic E-state index is -0.951. The monoisotopic (exact) mass is 325 g/mol. The number of aromatic carboxylic acids is 1. The maximum Gasteiger partial charge on any atom is 0.335 e. The fourth-order valence-corrected chi connectivity index (χ4v) is 2.43. The Hall–Kier alpha value is -2.62. The Morgan fingerprint density at radius 3 is 2.08 bits per heavy atom. The number of carbonyl (C=O) groups is 2. The van der Waals surface area contributed by atoms with E-state index in [0.717, 1.165) is 11.1 Å². The lowest BCUT2D eigenvalue weighted by Crippen LogP contribution is -2.23. The van der Waals surface area contributed by atoms with Crippen LogP contribution in [0.3, 0.4) is 0 Å². The molecule has 0 bridgehead atoms. The summed E-state index contributed by atoms with van der Waals surface area (Å²) in [6, 6.07) is 12.5. The van der Waals surface area contributed by atoms with Gasteiger partial charge in [0.1, 0.15) is 0 Å². The molecule has 2 rings (SSSR count). The summed E-state index contributed by atoms with van der Waals surface area (Å²) in [7, 11) is 0. The van der Waals surface area contributed by atoms with Crippen molar-refractivity contribution in [2.75, 3.05) is 0 Å². The van der Waals surface area contributed by atoms with Crippen LogP contribution in [0, 0.1) is 6.92 Å². The van der Waals surface area contributed by atoms with Crippen molar-refractivity contribution in [3.05, 3.63) is 70.3 Å². The van der Waals surface area contributed by atoms with Gasteiger partial charge in [0, 0.05) is 12.1 Å². The molecule has 0 atom stereocenters. The van der Waals surface area contributed by atoms with Crippen molar-refractivity contribution in [2.45, 2.75) is 39.7 Å². The van der Waals surface area contributed by atoms with Crippen LogP contribution in [0.25, 0.3) is 0 Å². The average molecular weight is 325 g/mol. The van der Waals surface area contributed by atoms with E-state index in [2.05, 4.69) is 26.1 Å². The van der Waals surface area contributed by atoms with E-state index in [-0.39, 0.29) is 16.9 Å². The van der Waals surface area contributed by atoms with Crippen molar-refractivity contribution in [3.8, 4) is 0 Å². The van der Waals surface area contributed by atoms with Crippen LogP contribution in [-0.2, 0) is 12.0 Å². The molecule has 0 aromatic heterocycles. The number of hydrogen-bond acceptors (Lipinski definition) is 2. The molecular weight excluding hydrogens is 302 g/mol. The Labute approximate surface area is 142 Å². The second-order valence-corrected chi connectivity index (χ2v) is 6.96. The highest BCUT2D eigenvalue weighted by Crippen LogP contribution is 2.22.